The Morgan fingerprint density at radius 1 is 0.938 bits per heavy atom. The molecule has 0 unspecified atom stereocenters. The second-order valence-corrected chi connectivity index (χ2v) is 9.69. The van der Waals surface area contributed by atoms with Gasteiger partial charge < -0.3 is 10.2 Å². The summed E-state index contributed by atoms with van der Waals surface area (Å²) >= 11 is 8.01. The van der Waals surface area contributed by atoms with Crippen molar-refractivity contribution in [1.82, 2.24) is 4.90 Å². The molecule has 1 atom stereocenters. The number of benzene rings is 3. The highest BCUT2D eigenvalue weighted by molar-refractivity contribution is 7.99. The first-order valence-corrected chi connectivity index (χ1v) is 12.0. The minimum Gasteiger partial charge on any atom is -0.339 e. The van der Waals surface area contributed by atoms with Crippen LogP contribution >= 0.6 is 23.4 Å². The average Bonchev–Trinajstić information content (AvgIpc) is 3.34. The van der Waals surface area contributed by atoms with Crippen LogP contribution in [-0.4, -0.2) is 29.8 Å². The number of carbonyl (C=O) groups excluding carboxylic acids is 2. The lowest BCUT2D eigenvalue weighted by Crippen LogP contribution is -2.29. The highest BCUT2D eigenvalue weighted by atomic mass is 35.5. The van der Waals surface area contributed by atoms with Gasteiger partial charge in [0.1, 0.15) is 0 Å². The number of carbonyl (C=O) groups is 2. The quantitative estimate of drug-likeness (QED) is 0.502. The van der Waals surface area contributed by atoms with Gasteiger partial charge in [-0.1, -0.05) is 53.7 Å². The van der Waals surface area contributed by atoms with Crippen LogP contribution in [0.15, 0.2) is 76.5 Å². The van der Waals surface area contributed by atoms with Crippen molar-refractivity contribution in [3.05, 3.63) is 88.4 Å². The SMILES string of the molecule is O=C(C[C@H]1c2ccccc2Sc2ccc(Cl)cc21)Nc1ccccc1C(=O)N1CCCC1. The zero-order valence-electron chi connectivity index (χ0n) is 17.5. The number of anilines is 1. The van der Waals surface area contributed by atoms with E-state index in [-0.39, 0.29) is 24.2 Å². The summed E-state index contributed by atoms with van der Waals surface area (Å²) in [4.78, 5) is 30.3. The normalized spacial score (nSPS) is 16.9. The first kappa shape index (κ1) is 21.1. The van der Waals surface area contributed by atoms with Gasteiger partial charge in [-0.25, -0.2) is 0 Å². The van der Waals surface area contributed by atoms with Crippen LogP contribution in [0.25, 0.3) is 0 Å². The van der Waals surface area contributed by atoms with Crippen molar-refractivity contribution >= 4 is 40.9 Å². The molecule has 2 heterocycles. The number of nitrogens with one attached hydrogen (secondary N) is 1. The van der Waals surface area contributed by atoms with Crippen molar-refractivity contribution in [2.45, 2.75) is 35.0 Å². The summed E-state index contributed by atoms with van der Waals surface area (Å²) in [7, 11) is 0. The van der Waals surface area contributed by atoms with E-state index in [9.17, 15) is 9.59 Å². The van der Waals surface area contributed by atoms with Crippen LogP contribution in [0.5, 0.6) is 0 Å². The number of nitrogens with zero attached hydrogens (tertiary/aromatic N) is 1. The first-order valence-electron chi connectivity index (χ1n) is 10.8. The van der Waals surface area contributed by atoms with Crippen molar-refractivity contribution in [3.63, 3.8) is 0 Å². The van der Waals surface area contributed by atoms with Crippen LogP contribution in [0, 0.1) is 0 Å². The zero-order valence-corrected chi connectivity index (χ0v) is 19.1. The molecule has 0 aromatic heterocycles. The molecule has 0 spiro atoms. The van der Waals surface area contributed by atoms with Crippen LogP contribution in [0.2, 0.25) is 5.02 Å². The third kappa shape index (κ3) is 4.15. The second kappa shape index (κ2) is 9.00. The second-order valence-electron chi connectivity index (χ2n) is 8.17. The number of hydrogen-bond acceptors (Lipinski definition) is 3. The molecule has 1 fully saturated rings. The molecule has 2 amide bonds. The van der Waals surface area contributed by atoms with Crippen molar-refractivity contribution < 1.29 is 9.59 Å². The molecule has 3 aromatic rings. The standard InChI is InChI=1S/C26H23ClN2O2S/c27-17-11-12-24-21(15-17)20(18-7-2-4-10-23(18)32-24)16-25(30)28-22-9-3-1-8-19(22)26(31)29-13-5-6-14-29/h1-4,7-12,15,20H,5-6,13-14,16H2,(H,28,30)/t20-/m0/s1. The minimum atomic E-state index is -0.121. The number of hydrogen-bond donors (Lipinski definition) is 1. The van der Waals surface area contributed by atoms with Crippen molar-refractivity contribution in [2.24, 2.45) is 0 Å². The van der Waals surface area contributed by atoms with Gasteiger partial charge in [0.05, 0.1) is 11.3 Å². The smallest absolute Gasteiger partial charge is 0.255 e. The maximum Gasteiger partial charge on any atom is 0.255 e. The fourth-order valence-corrected chi connectivity index (χ4v) is 5.85. The van der Waals surface area contributed by atoms with Gasteiger partial charge >= 0.3 is 0 Å². The van der Waals surface area contributed by atoms with Gasteiger partial charge in [0.2, 0.25) is 5.91 Å². The number of halogens is 1. The molecule has 5 rings (SSSR count). The van der Waals surface area contributed by atoms with Crippen molar-refractivity contribution in [3.8, 4) is 0 Å². The molecular weight excluding hydrogens is 440 g/mol. The number of rotatable bonds is 4. The fourth-order valence-electron chi connectivity index (χ4n) is 4.51. The molecule has 0 saturated carbocycles. The van der Waals surface area contributed by atoms with Gasteiger partial charge in [0.15, 0.2) is 0 Å². The van der Waals surface area contributed by atoms with Gasteiger partial charge in [0.25, 0.3) is 5.91 Å². The van der Waals surface area contributed by atoms with Crippen LogP contribution in [0.1, 0.15) is 46.7 Å². The zero-order chi connectivity index (χ0) is 22.1. The summed E-state index contributed by atoms with van der Waals surface area (Å²) in [6.45, 7) is 1.55. The van der Waals surface area contributed by atoms with E-state index in [1.54, 1.807) is 23.9 Å². The fraction of sp³-hybridized carbons (Fsp3) is 0.231. The van der Waals surface area contributed by atoms with Crippen LogP contribution in [0.4, 0.5) is 5.69 Å². The highest BCUT2D eigenvalue weighted by Gasteiger charge is 2.29. The molecule has 32 heavy (non-hydrogen) atoms. The monoisotopic (exact) mass is 462 g/mol. The number of fused-ring (bicyclic) bond motifs is 2. The predicted octanol–water partition coefficient (Wildman–Crippen LogP) is 6.20. The van der Waals surface area contributed by atoms with E-state index < -0.39 is 0 Å². The summed E-state index contributed by atoms with van der Waals surface area (Å²) in [5.41, 5.74) is 3.31. The summed E-state index contributed by atoms with van der Waals surface area (Å²) in [6, 6.07) is 21.3. The molecule has 2 aliphatic rings. The first-order chi connectivity index (χ1) is 15.6. The largest absolute Gasteiger partial charge is 0.339 e. The third-order valence-electron chi connectivity index (χ3n) is 6.08. The lowest BCUT2D eigenvalue weighted by Gasteiger charge is -2.28. The average molecular weight is 463 g/mol. The summed E-state index contributed by atoms with van der Waals surface area (Å²) in [6.07, 6.45) is 2.33. The Morgan fingerprint density at radius 3 is 2.50 bits per heavy atom. The number of likely N-dealkylation sites (tertiary alicyclic amines) is 1. The molecular formula is C26H23ClN2O2S. The molecule has 4 nitrogen and oxygen atoms in total. The molecule has 1 N–H and O–H groups in total. The van der Waals surface area contributed by atoms with Crippen molar-refractivity contribution in [2.75, 3.05) is 18.4 Å². The van der Waals surface area contributed by atoms with E-state index in [0.29, 0.717) is 16.3 Å². The Kier molecular flexibility index (Phi) is 5.94. The van der Waals surface area contributed by atoms with Gasteiger partial charge in [-0.05, 0) is 60.4 Å². The Bertz CT molecular complexity index is 1190. The van der Waals surface area contributed by atoms with E-state index in [0.717, 1.165) is 46.8 Å². The molecule has 6 heteroatoms. The Hall–Kier alpha value is -2.76. The van der Waals surface area contributed by atoms with E-state index in [2.05, 4.69) is 17.4 Å². The predicted molar refractivity (Wildman–Crippen MR) is 129 cm³/mol. The van der Waals surface area contributed by atoms with Gasteiger partial charge in [-0.2, -0.15) is 0 Å². The van der Waals surface area contributed by atoms with E-state index >= 15 is 0 Å². The van der Waals surface area contributed by atoms with Crippen LogP contribution < -0.4 is 5.32 Å². The van der Waals surface area contributed by atoms with E-state index in [1.807, 2.05) is 47.4 Å². The van der Waals surface area contributed by atoms with Gasteiger partial charge in [-0.15, -0.1) is 0 Å². The highest BCUT2D eigenvalue weighted by Crippen LogP contribution is 2.47. The number of para-hydroxylation sites is 1. The molecule has 2 aliphatic heterocycles. The third-order valence-corrected chi connectivity index (χ3v) is 7.49. The summed E-state index contributed by atoms with van der Waals surface area (Å²) in [5.74, 6) is -0.234. The van der Waals surface area contributed by atoms with E-state index in [1.165, 1.54) is 0 Å². The maximum absolute atomic E-state index is 13.2. The van der Waals surface area contributed by atoms with Crippen molar-refractivity contribution in [1.29, 1.82) is 0 Å². The molecule has 0 radical (unpaired) electrons. The molecule has 1 saturated heterocycles. The topological polar surface area (TPSA) is 49.4 Å². The molecule has 0 bridgehead atoms. The van der Waals surface area contributed by atoms with Gasteiger partial charge in [-0.3, -0.25) is 9.59 Å². The van der Waals surface area contributed by atoms with E-state index in [4.69, 9.17) is 11.6 Å². The minimum absolute atomic E-state index is 0.0186. The number of amides is 2. The van der Waals surface area contributed by atoms with Gasteiger partial charge in [0, 0.05) is 40.2 Å². The van der Waals surface area contributed by atoms with Crippen LogP contribution in [0.3, 0.4) is 0 Å². The lowest BCUT2D eigenvalue weighted by molar-refractivity contribution is -0.116. The Labute approximate surface area is 197 Å². The molecule has 162 valence electrons. The molecule has 0 aliphatic carbocycles. The molecule has 3 aromatic carbocycles. The Morgan fingerprint density at radius 2 is 1.66 bits per heavy atom. The van der Waals surface area contributed by atoms with Crippen LogP contribution in [-0.2, 0) is 4.79 Å². The lowest BCUT2D eigenvalue weighted by atomic mass is 9.87. The Balaban J connectivity index is 1.41. The summed E-state index contributed by atoms with van der Waals surface area (Å²) < 4.78 is 0. The summed E-state index contributed by atoms with van der Waals surface area (Å²) in [5, 5.41) is 3.67. The maximum atomic E-state index is 13.2.